The third-order valence-electron chi connectivity index (χ3n) is 3.80. The molecule has 0 fully saturated rings. The van der Waals surface area contributed by atoms with Gasteiger partial charge >= 0.3 is 0 Å². The molecule has 0 saturated heterocycles. The van der Waals surface area contributed by atoms with E-state index in [1.165, 1.54) is 5.56 Å². The zero-order valence-corrected chi connectivity index (χ0v) is 14.2. The number of nitrogens with zero attached hydrogens (tertiary/aromatic N) is 1. The maximum Gasteiger partial charge on any atom is 0.231 e. The van der Waals surface area contributed by atoms with Crippen molar-refractivity contribution in [3.05, 3.63) is 70.2 Å². The van der Waals surface area contributed by atoms with Crippen LogP contribution in [0.4, 0.5) is 5.69 Å². The lowest BCUT2D eigenvalue weighted by molar-refractivity contribution is -0.115. The summed E-state index contributed by atoms with van der Waals surface area (Å²) in [7, 11) is 0. The number of hydrogen-bond acceptors (Lipinski definition) is 5. The molecule has 6 heteroatoms. The molecule has 3 aromatic rings. The second-order valence-corrected chi connectivity index (χ2v) is 6.63. The molecule has 1 aliphatic heterocycles. The molecule has 1 amide bonds. The summed E-state index contributed by atoms with van der Waals surface area (Å²) in [6, 6.07) is 15.5. The summed E-state index contributed by atoms with van der Waals surface area (Å²) < 4.78 is 10.6. The summed E-state index contributed by atoms with van der Waals surface area (Å²) in [5.74, 6) is 1.25. The average molecular weight is 352 g/mol. The summed E-state index contributed by atoms with van der Waals surface area (Å²) in [6.45, 7) is 0.218. The second kappa shape index (κ2) is 6.94. The maximum atomic E-state index is 12.2. The first-order valence-corrected chi connectivity index (χ1v) is 8.81. The van der Waals surface area contributed by atoms with Crippen molar-refractivity contribution < 1.29 is 14.3 Å². The lowest BCUT2D eigenvalue weighted by Crippen LogP contribution is -2.14. The van der Waals surface area contributed by atoms with Crippen molar-refractivity contribution in [3.8, 4) is 11.5 Å². The molecule has 0 bridgehead atoms. The highest BCUT2D eigenvalue weighted by Gasteiger charge is 2.15. The number of aromatic nitrogens is 1. The van der Waals surface area contributed by atoms with Crippen LogP contribution in [0, 0.1) is 0 Å². The van der Waals surface area contributed by atoms with E-state index in [0.29, 0.717) is 17.2 Å². The number of thiazole rings is 1. The molecule has 0 aliphatic carbocycles. The monoisotopic (exact) mass is 352 g/mol. The Kier molecular flexibility index (Phi) is 4.35. The Morgan fingerprint density at radius 3 is 2.84 bits per heavy atom. The third kappa shape index (κ3) is 3.80. The van der Waals surface area contributed by atoms with Crippen molar-refractivity contribution in [1.82, 2.24) is 4.98 Å². The molecular weight excluding hydrogens is 336 g/mol. The van der Waals surface area contributed by atoms with Gasteiger partial charge in [-0.25, -0.2) is 4.98 Å². The molecular formula is C19H16N2O3S. The Bertz CT molecular complexity index is 893. The van der Waals surface area contributed by atoms with Crippen molar-refractivity contribution in [1.29, 1.82) is 0 Å². The normalized spacial score (nSPS) is 12.2. The number of anilines is 1. The summed E-state index contributed by atoms with van der Waals surface area (Å²) in [5, 5.41) is 5.82. The molecule has 4 rings (SSSR count). The molecule has 1 aliphatic rings. The highest BCUT2D eigenvalue weighted by Crippen LogP contribution is 2.34. The Balaban J connectivity index is 1.36. The van der Waals surface area contributed by atoms with Gasteiger partial charge in [0.2, 0.25) is 12.7 Å². The van der Waals surface area contributed by atoms with Crippen LogP contribution in [0.2, 0.25) is 0 Å². The molecule has 0 spiro atoms. The molecule has 0 saturated carbocycles. The van der Waals surface area contributed by atoms with Crippen LogP contribution < -0.4 is 14.8 Å². The predicted molar refractivity (Wildman–Crippen MR) is 96.3 cm³/mol. The Hall–Kier alpha value is -2.86. The van der Waals surface area contributed by atoms with Crippen LogP contribution in [-0.2, 0) is 17.6 Å². The van der Waals surface area contributed by atoms with Gasteiger partial charge in [0, 0.05) is 23.6 Å². The van der Waals surface area contributed by atoms with Crippen LogP contribution in [0.15, 0.2) is 53.9 Å². The number of nitrogens with one attached hydrogen (secondary N) is 1. The number of rotatable bonds is 5. The molecule has 0 unspecified atom stereocenters. The van der Waals surface area contributed by atoms with Crippen molar-refractivity contribution in [3.63, 3.8) is 0 Å². The van der Waals surface area contributed by atoms with Crippen LogP contribution >= 0.6 is 11.3 Å². The topological polar surface area (TPSA) is 60.5 Å². The molecule has 0 atom stereocenters. The van der Waals surface area contributed by atoms with Gasteiger partial charge in [-0.05, 0) is 17.7 Å². The van der Waals surface area contributed by atoms with Crippen molar-refractivity contribution >= 4 is 22.9 Å². The first kappa shape index (κ1) is 15.7. The highest BCUT2D eigenvalue weighted by atomic mass is 32.1. The molecule has 1 N–H and O–H groups in total. The molecule has 126 valence electrons. The van der Waals surface area contributed by atoms with Crippen LogP contribution in [0.3, 0.4) is 0 Å². The van der Waals surface area contributed by atoms with Gasteiger partial charge in [0.1, 0.15) is 0 Å². The van der Waals surface area contributed by atoms with Gasteiger partial charge in [0.15, 0.2) is 11.5 Å². The zero-order valence-electron chi connectivity index (χ0n) is 13.4. The van der Waals surface area contributed by atoms with E-state index in [1.807, 2.05) is 23.6 Å². The van der Waals surface area contributed by atoms with E-state index in [9.17, 15) is 4.79 Å². The smallest absolute Gasteiger partial charge is 0.231 e. The number of carbonyl (C=O) groups excluding carboxylic acids is 1. The van der Waals surface area contributed by atoms with Gasteiger partial charge in [0.05, 0.1) is 17.1 Å². The van der Waals surface area contributed by atoms with Gasteiger partial charge in [-0.1, -0.05) is 30.3 Å². The zero-order chi connectivity index (χ0) is 17.1. The quantitative estimate of drug-likeness (QED) is 0.761. The number of carbonyl (C=O) groups is 1. The number of hydrogen-bond donors (Lipinski definition) is 1. The van der Waals surface area contributed by atoms with Crippen LogP contribution in [0.1, 0.15) is 16.3 Å². The number of ether oxygens (including phenoxy) is 2. The minimum absolute atomic E-state index is 0.101. The maximum absolute atomic E-state index is 12.2. The number of benzene rings is 2. The largest absolute Gasteiger partial charge is 0.454 e. The van der Waals surface area contributed by atoms with Crippen molar-refractivity contribution in [2.24, 2.45) is 0 Å². The fourth-order valence-electron chi connectivity index (χ4n) is 2.63. The van der Waals surface area contributed by atoms with Gasteiger partial charge in [-0.3, -0.25) is 4.79 Å². The van der Waals surface area contributed by atoms with E-state index in [-0.39, 0.29) is 19.1 Å². The third-order valence-corrected chi connectivity index (χ3v) is 4.69. The van der Waals surface area contributed by atoms with E-state index in [0.717, 1.165) is 17.1 Å². The van der Waals surface area contributed by atoms with E-state index in [4.69, 9.17) is 9.47 Å². The Morgan fingerprint density at radius 2 is 1.96 bits per heavy atom. The molecule has 25 heavy (non-hydrogen) atoms. The second-order valence-electron chi connectivity index (χ2n) is 5.69. The van der Waals surface area contributed by atoms with Crippen LogP contribution in [0.5, 0.6) is 11.5 Å². The van der Waals surface area contributed by atoms with E-state index >= 15 is 0 Å². The summed E-state index contributed by atoms with van der Waals surface area (Å²) >= 11 is 1.58. The lowest BCUT2D eigenvalue weighted by atomic mass is 10.2. The van der Waals surface area contributed by atoms with Crippen molar-refractivity contribution in [2.45, 2.75) is 12.8 Å². The first-order valence-electron chi connectivity index (χ1n) is 7.93. The summed E-state index contributed by atoms with van der Waals surface area (Å²) in [4.78, 5) is 16.8. The Morgan fingerprint density at radius 1 is 1.12 bits per heavy atom. The van der Waals surface area contributed by atoms with Gasteiger partial charge in [0.25, 0.3) is 0 Å². The van der Waals surface area contributed by atoms with E-state index in [2.05, 4.69) is 22.4 Å². The highest BCUT2D eigenvalue weighted by molar-refractivity contribution is 7.09. The van der Waals surface area contributed by atoms with Gasteiger partial charge in [-0.2, -0.15) is 0 Å². The van der Waals surface area contributed by atoms with Gasteiger partial charge < -0.3 is 14.8 Å². The van der Waals surface area contributed by atoms with Crippen LogP contribution in [-0.4, -0.2) is 17.7 Å². The average Bonchev–Trinajstić information content (AvgIpc) is 3.24. The minimum Gasteiger partial charge on any atom is -0.454 e. The SMILES string of the molecule is O=C(Cc1csc(Cc2ccccc2)n1)Nc1ccc2c(c1)OCO2. The lowest BCUT2D eigenvalue weighted by Gasteiger charge is -2.05. The predicted octanol–water partition coefficient (Wildman–Crippen LogP) is 3.64. The summed E-state index contributed by atoms with van der Waals surface area (Å²) in [6.07, 6.45) is 1.04. The fourth-order valence-corrected chi connectivity index (χ4v) is 3.45. The minimum atomic E-state index is -0.101. The molecule has 1 aromatic heterocycles. The van der Waals surface area contributed by atoms with E-state index in [1.54, 1.807) is 29.5 Å². The fraction of sp³-hybridized carbons (Fsp3) is 0.158. The van der Waals surface area contributed by atoms with E-state index < -0.39 is 0 Å². The van der Waals surface area contributed by atoms with Crippen LogP contribution in [0.25, 0.3) is 0 Å². The molecule has 2 aromatic carbocycles. The van der Waals surface area contributed by atoms with Gasteiger partial charge in [-0.15, -0.1) is 11.3 Å². The number of amides is 1. The Labute approximate surface area is 149 Å². The molecule has 0 radical (unpaired) electrons. The molecule has 5 nitrogen and oxygen atoms in total. The molecule has 2 heterocycles. The standard InChI is InChI=1S/C19H16N2O3S/c22-18(20-14-6-7-16-17(9-14)24-12-23-16)10-15-11-25-19(21-15)8-13-4-2-1-3-5-13/h1-7,9,11H,8,10,12H2,(H,20,22). The van der Waals surface area contributed by atoms with Crippen molar-refractivity contribution in [2.75, 3.05) is 12.1 Å². The summed E-state index contributed by atoms with van der Waals surface area (Å²) in [5.41, 5.74) is 2.69. The number of fused-ring (bicyclic) bond motifs is 1. The first-order chi connectivity index (χ1) is 12.3.